The normalized spacial score (nSPS) is 10.6. The number of hydrogen-bond donors (Lipinski definition) is 1. The summed E-state index contributed by atoms with van der Waals surface area (Å²) in [5.41, 5.74) is 1.32. The molecule has 3 aromatic rings. The Labute approximate surface area is 146 Å². The molecule has 1 N–H and O–H groups in total. The van der Waals surface area contributed by atoms with Crippen molar-refractivity contribution in [2.75, 3.05) is 13.7 Å². The van der Waals surface area contributed by atoms with Gasteiger partial charge >= 0.3 is 0 Å². The van der Waals surface area contributed by atoms with Gasteiger partial charge < -0.3 is 19.2 Å². The molecule has 7 nitrogen and oxygen atoms in total. The third-order valence-electron chi connectivity index (χ3n) is 3.97. The minimum absolute atomic E-state index is 0.172. The number of amides is 1. The molecule has 7 heteroatoms. The van der Waals surface area contributed by atoms with Crippen molar-refractivity contribution in [2.24, 2.45) is 0 Å². The zero-order chi connectivity index (χ0) is 17.6. The molecule has 0 aliphatic carbocycles. The molecule has 0 aliphatic heterocycles. The predicted molar refractivity (Wildman–Crippen MR) is 94.0 cm³/mol. The summed E-state index contributed by atoms with van der Waals surface area (Å²) < 4.78 is 9.01. The molecule has 3 rings (SSSR count). The fourth-order valence-electron chi connectivity index (χ4n) is 2.52. The average Bonchev–Trinajstić information content (AvgIpc) is 3.28. The van der Waals surface area contributed by atoms with E-state index in [4.69, 9.17) is 4.74 Å². The van der Waals surface area contributed by atoms with Crippen LogP contribution in [0.1, 0.15) is 22.7 Å². The van der Waals surface area contributed by atoms with Gasteiger partial charge in [0.2, 0.25) is 0 Å². The SMILES string of the molecule is COc1ccc(-n2cnc(C(=O)NCCCn3ccnc3C)c2)cc1. The number of methoxy groups -OCH3 is 1. The number of hydrogen-bond acceptors (Lipinski definition) is 4. The van der Waals surface area contributed by atoms with Gasteiger partial charge in [0.25, 0.3) is 5.91 Å². The number of aromatic nitrogens is 4. The van der Waals surface area contributed by atoms with E-state index in [9.17, 15) is 4.79 Å². The van der Waals surface area contributed by atoms with Gasteiger partial charge in [0, 0.05) is 37.4 Å². The molecule has 0 saturated carbocycles. The van der Waals surface area contributed by atoms with Crippen molar-refractivity contribution in [3.05, 3.63) is 60.7 Å². The summed E-state index contributed by atoms with van der Waals surface area (Å²) in [7, 11) is 1.63. The summed E-state index contributed by atoms with van der Waals surface area (Å²) in [4.78, 5) is 20.5. The highest BCUT2D eigenvalue weighted by Gasteiger charge is 2.09. The number of carbonyl (C=O) groups is 1. The summed E-state index contributed by atoms with van der Waals surface area (Å²) in [6.45, 7) is 3.38. The lowest BCUT2D eigenvalue weighted by Gasteiger charge is -2.06. The van der Waals surface area contributed by atoms with Gasteiger partial charge in [-0.15, -0.1) is 0 Å². The fourth-order valence-corrected chi connectivity index (χ4v) is 2.52. The van der Waals surface area contributed by atoms with Crippen LogP contribution in [-0.2, 0) is 6.54 Å². The molecule has 1 amide bonds. The highest BCUT2D eigenvalue weighted by Crippen LogP contribution is 2.15. The quantitative estimate of drug-likeness (QED) is 0.670. The molecule has 130 valence electrons. The van der Waals surface area contributed by atoms with E-state index in [1.807, 2.05) is 42.0 Å². The van der Waals surface area contributed by atoms with Crippen LogP contribution in [0.4, 0.5) is 0 Å². The topological polar surface area (TPSA) is 74.0 Å². The first kappa shape index (κ1) is 16.8. The summed E-state index contributed by atoms with van der Waals surface area (Å²) in [6.07, 6.45) is 7.90. The van der Waals surface area contributed by atoms with E-state index in [-0.39, 0.29) is 5.91 Å². The number of benzene rings is 1. The van der Waals surface area contributed by atoms with Gasteiger partial charge in [-0.05, 0) is 37.6 Å². The molecule has 2 aromatic heterocycles. The first-order chi connectivity index (χ1) is 12.2. The Morgan fingerprint density at radius 1 is 1.24 bits per heavy atom. The maximum atomic E-state index is 12.2. The highest BCUT2D eigenvalue weighted by molar-refractivity contribution is 5.92. The van der Waals surface area contributed by atoms with Crippen LogP contribution in [0, 0.1) is 6.92 Å². The lowest BCUT2D eigenvalue weighted by molar-refractivity contribution is 0.0948. The molecular weight excluding hydrogens is 318 g/mol. The first-order valence-electron chi connectivity index (χ1n) is 8.12. The van der Waals surface area contributed by atoms with E-state index in [2.05, 4.69) is 19.9 Å². The predicted octanol–water partition coefficient (Wildman–Crippen LogP) is 2.21. The van der Waals surface area contributed by atoms with Gasteiger partial charge in [0.05, 0.1) is 7.11 Å². The molecule has 2 heterocycles. The number of aryl methyl sites for hydroxylation is 2. The van der Waals surface area contributed by atoms with Gasteiger partial charge in [-0.25, -0.2) is 9.97 Å². The second kappa shape index (κ2) is 7.65. The van der Waals surface area contributed by atoms with E-state index < -0.39 is 0 Å². The molecule has 0 radical (unpaired) electrons. The van der Waals surface area contributed by atoms with E-state index in [0.717, 1.165) is 30.2 Å². The summed E-state index contributed by atoms with van der Waals surface area (Å²) >= 11 is 0. The Morgan fingerprint density at radius 3 is 2.72 bits per heavy atom. The molecule has 0 atom stereocenters. The van der Waals surface area contributed by atoms with Crippen LogP contribution in [0.15, 0.2) is 49.2 Å². The van der Waals surface area contributed by atoms with Crippen molar-refractivity contribution in [3.63, 3.8) is 0 Å². The molecule has 0 spiro atoms. The van der Waals surface area contributed by atoms with Crippen LogP contribution >= 0.6 is 0 Å². The van der Waals surface area contributed by atoms with Crippen LogP contribution in [-0.4, -0.2) is 38.7 Å². The zero-order valence-corrected chi connectivity index (χ0v) is 14.3. The van der Waals surface area contributed by atoms with Crippen LogP contribution < -0.4 is 10.1 Å². The second-order valence-corrected chi connectivity index (χ2v) is 5.64. The largest absolute Gasteiger partial charge is 0.497 e. The lowest BCUT2D eigenvalue weighted by atomic mass is 10.3. The van der Waals surface area contributed by atoms with Gasteiger partial charge in [0.15, 0.2) is 0 Å². The molecule has 0 aliphatic rings. The standard InChI is InChI=1S/C18H21N5O2/c1-14-19-9-11-22(14)10-3-8-20-18(24)17-12-23(13-21-17)15-4-6-16(25-2)7-5-15/h4-7,9,11-13H,3,8,10H2,1-2H3,(H,20,24). The molecule has 1 aromatic carbocycles. The zero-order valence-electron chi connectivity index (χ0n) is 14.3. The van der Waals surface area contributed by atoms with Gasteiger partial charge in [0.1, 0.15) is 23.6 Å². The molecule has 0 unspecified atom stereocenters. The van der Waals surface area contributed by atoms with Crippen molar-refractivity contribution < 1.29 is 9.53 Å². The van der Waals surface area contributed by atoms with E-state index >= 15 is 0 Å². The van der Waals surface area contributed by atoms with E-state index in [1.165, 1.54) is 0 Å². The molecule has 0 bridgehead atoms. The smallest absolute Gasteiger partial charge is 0.271 e. The second-order valence-electron chi connectivity index (χ2n) is 5.64. The Hall–Kier alpha value is -3.09. The molecule has 0 fully saturated rings. The van der Waals surface area contributed by atoms with Crippen molar-refractivity contribution in [2.45, 2.75) is 19.9 Å². The highest BCUT2D eigenvalue weighted by atomic mass is 16.5. The van der Waals surface area contributed by atoms with Gasteiger partial charge in [-0.1, -0.05) is 0 Å². The van der Waals surface area contributed by atoms with Crippen LogP contribution in [0.25, 0.3) is 5.69 Å². The van der Waals surface area contributed by atoms with E-state index in [1.54, 1.807) is 25.8 Å². The van der Waals surface area contributed by atoms with Crippen molar-refractivity contribution in [1.82, 2.24) is 24.4 Å². The molecule has 25 heavy (non-hydrogen) atoms. The maximum absolute atomic E-state index is 12.2. The number of ether oxygens (including phenoxy) is 1. The number of imidazole rings is 2. The Morgan fingerprint density at radius 2 is 2.04 bits per heavy atom. The Kier molecular flexibility index (Phi) is 5.13. The summed E-state index contributed by atoms with van der Waals surface area (Å²) in [6, 6.07) is 7.56. The van der Waals surface area contributed by atoms with Crippen molar-refractivity contribution in [3.8, 4) is 11.4 Å². The number of carbonyl (C=O) groups excluding carboxylic acids is 1. The van der Waals surface area contributed by atoms with E-state index in [0.29, 0.717) is 12.2 Å². The third-order valence-corrected chi connectivity index (χ3v) is 3.97. The number of rotatable bonds is 7. The third kappa shape index (κ3) is 4.06. The molecule has 0 saturated heterocycles. The minimum atomic E-state index is -0.172. The summed E-state index contributed by atoms with van der Waals surface area (Å²) in [5.74, 6) is 1.59. The van der Waals surface area contributed by atoms with Gasteiger partial charge in [-0.2, -0.15) is 0 Å². The van der Waals surface area contributed by atoms with Crippen molar-refractivity contribution in [1.29, 1.82) is 0 Å². The molecular formula is C18H21N5O2. The Balaban J connectivity index is 1.52. The number of nitrogens with one attached hydrogen (secondary N) is 1. The summed E-state index contributed by atoms with van der Waals surface area (Å²) in [5, 5.41) is 2.90. The number of nitrogens with zero attached hydrogens (tertiary/aromatic N) is 4. The average molecular weight is 339 g/mol. The first-order valence-corrected chi connectivity index (χ1v) is 8.12. The maximum Gasteiger partial charge on any atom is 0.271 e. The Bertz CT molecular complexity index is 835. The van der Waals surface area contributed by atoms with Gasteiger partial charge in [-0.3, -0.25) is 4.79 Å². The lowest BCUT2D eigenvalue weighted by Crippen LogP contribution is -2.25. The van der Waals surface area contributed by atoms with Crippen molar-refractivity contribution >= 4 is 5.91 Å². The fraction of sp³-hybridized carbons (Fsp3) is 0.278. The van der Waals surface area contributed by atoms with Crippen LogP contribution in [0.2, 0.25) is 0 Å². The monoisotopic (exact) mass is 339 g/mol. The van der Waals surface area contributed by atoms with Crippen LogP contribution in [0.3, 0.4) is 0 Å². The van der Waals surface area contributed by atoms with Crippen LogP contribution in [0.5, 0.6) is 5.75 Å². The minimum Gasteiger partial charge on any atom is -0.497 e.